The largest absolute Gasteiger partial charge is 0.314 e. The highest BCUT2D eigenvalue weighted by atomic mass is 15.2. The van der Waals surface area contributed by atoms with Crippen molar-refractivity contribution in [2.45, 2.75) is 27.2 Å². The zero-order chi connectivity index (χ0) is 14.9. The van der Waals surface area contributed by atoms with Crippen molar-refractivity contribution in [1.29, 1.82) is 0 Å². The molecule has 1 rings (SSSR count). The molecule has 1 N–H and O–H groups in total. The van der Waals surface area contributed by atoms with E-state index < -0.39 is 0 Å². The van der Waals surface area contributed by atoms with Crippen LogP contribution in [0.2, 0.25) is 0 Å². The van der Waals surface area contributed by atoms with Gasteiger partial charge in [0.25, 0.3) is 0 Å². The summed E-state index contributed by atoms with van der Waals surface area (Å²) in [6.45, 7) is 22.5. The molecule has 1 fully saturated rings. The van der Waals surface area contributed by atoms with Crippen LogP contribution >= 0.6 is 0 Å². The van der Waals surface area contributed by atoms with Crippen molar-refractivity contribution in [2.75, 3.05) is 32.7 Å². The Morgan fingerprint density at radius 1 is 1.16 bits per heavy atom. The molecule has 1 aliphatic rings. The lowest BCUT2D eigenvalue weighted by Gasteiger charge is -2.27. The molecule has 1 saturated heterocycles. The molecule has 0 aromatic rings. The van der Waals surface area contributed by atoms with E-state index in [4.69, 9.17) is 0 Å². The molecule has 0 radical (unpaired) electrons. The molecule has 2 heteroatoms. The van der Waals surface area contributed by atoms with Crippen molar-refractivity contribution in [3.63, 3.8) is 0 Å². The zero-order valence-corrected chi connectivity index (χ0v) is 13.1. The molecule has 0 spiro atoms. The first-order valence-corrected chi connectivity index (χ1v) is 7.26. The van der Waals surface area contributed by atoms with Gasteiger partial charge in [0.15, 0.2) is 0 Å². The second-order valence-corrected chi connectivity index (χ2v) is 3.90. The van der Waals surface area contributed by atoms with Gasteiger partial charge in [-0.2, -0.15) is 0 Å². The molecule has 0 unspecified atom stereocenters. The molecule has 19 heavy (non-hydrogen) atoms. The lowest BCUT2D eigenvalue weighted by Crippen LogP contribution is -2.44. The van der Waals surface area contributed by atoms with Gasteiger partial charge >= 0.3 is 0 Å². The van der Waals surface area contributed by atoms with Gasteiger partial charge in [-0.05, 0) is 12.0 Å². The number of hydrogen-bond acceptors (Lipinski definition) is 2. The third-order valence-electron chi connectivity index (χ3n) is 2.50. The Hall–Kier alpha value is -1.12. The van der Waals surface area contributed by atoms with E-state index >= 15 is 0 Å². The van der Waals surface area contributed by atoms with Crippen LogP contribution in [0.5, 0.6) is 0 Å². The van der Waals surface area contributed by atoms with Crippen LogP contribution in [0.25, 0.3) is 0 Å². The van der Waals surface area contributed by atoms with Crippen LogP contribution in [-0.4, -0.2) is 37.6 Å². The average molecular weight is 264 g/mol. The molecule has 0 saturated carbocycles. The molecule has 0 aliphatic carbocycles. The summed E-state index contributed by atoms with van der Waals surface area (Å²) >= 11 is 0. The predicted octanol–water partition coefficient (Wildman–Crippen LogP) is 3.80. The Balaban J connectivity index is 0. The smallest absolute Gasteiger partial charge is 0.0234 e. The van der Waals surface area contributed by atoms with Gasteiger partial charge in [0, 0.05) is 32.7 Å². The highest BCUT2D eigenvalue weighted by Crippen LogP contribution is 2.02. The minimum Gasteiger partial charge on any atom is -0.314 e. The third-order valence-corrected chi connectivity index (χ3v) is 2.50. The van der Waals surface area contributed by atoms with E-state index in [1.54, 1.807) is 0 Å². The molecular formula is C17H32N2. The Morgan fingerprint density at radius 3 is 2.05 bits per heavy atom. The maximum absolute atomic E-state index is 3.79. The van der Waals surface area contributed by atoms with Gasteiger partial charge in [-0.3, -0.25) is 4.90 Å². The normalized spacial score (nSPS) is 15.2. The Kier molecular flexibility index (Phi) is 17.9. The lowest BCUT2D eigenvalue weighted by atomic mass is 10.2. The first kappa shape index (κ1) is 20.2. The fourth-order valence-corrected chi connectivity index (χ4v) is 1.46. The first-order valence-electron chi connectivity index (χ1n) is 7.26. The van der Waals surface area contributed by atoms with Crippen LogP contribution in [0.1, 0.15) is 27.2 Å². The molecule has 0 atom stereocenters. The van der Waals surface area contributed by atoms with E-state index in [1.807, 2.05) is 38.2 Å². The Bertz CT molecular complexity index is 248. The van der Waals surface area contributed by atoms with E-state index in [9.17, 15) is 0 Å². The van der Waals surface area contributed by atoms with Crippen LogP contribution in [-0.2, 0) is 0 Å². The minimum atomic E-state index is 0.997. The van der Waals surface area contributed by atoms with Gasteiger partial charge in [0.05, 0.1) is 0 Å². The van der Waals surface area contributed by atoms with Crippen molar-refractivity contribution in [2.24, 2.45) is 0 Å². The highest BCUT2D eigenvalue weighted by molar-refractivity contribution is 5.22. The second kappa shape index (κ2) is 16.9. The van der Waals surface area contributed by atoms with Gasteiger partial charge in [-0.1, -0.05) is 58.2 Å². The summed E-state index contributed by atoms with van der Waals surface area (Å²) in [6, 6.07) is 0. The summed E-state index contributed by atoms with van der Waals surface area (Å²) < 4.78 is 0. The molecule has 0 bridgehead atoms. The summed E-state index contributed by atoms with van der Waals surface area (Å²) in [6.07, 6.45) is 8.71. The summed E-state index contributed by atoms with van der Waals surface area (Å²) in [7, 11) is 0. The van der Waals surface area contributed by atoms with Crippen molar-refractivity contribution in [3.05, 3.63) is 49.6 Å². The molecule has 0 aromatic carbocycles. The van der Waals surface area contributed by atoms with Crippen molar-refractivity contribution < 1.29 is 0 Å². The summed E-state index contributed by atoms with van der Waals surface area (Å²) in [5.41, 5.74) is 1.25. The van der Waals surface area contributed by atoms with E-state index in [0.717, 1.165) is 39.1 Å². The lowest BCUT2D eigenvalue weighted by molar-refractivity contribution is 0.261. The topological polar surface area (TPSA) is 15.3 Å². The number of rotatable bonds is 5. The molecule has 1 aliphatic heterocycles. The highest BCUT2D eigenvalue weighted by Gasteiger charge is 2.09. The van der Waals surface area contributed by atoms with Gasteiger partial charge in [0.2, 0.25) is 0 Å². The van der Waals surface area contributed by atoms with Crippen molar-refractivity contribution in [3.8, 4) is 0 Å². The number of nitrogens with one attached hydrogen (secondary N) is 1. The summed E-state index contributed by atoms with van der Waals surface area (Å²) in [4.78, 5) is 2.42. The van der Waals surface area contributed by atoms with Gasteiger partial charge < -0.3 is 5.32 Å². The number of hydrogen-bond donors (Lipinski definition) is 1. The quantitative estimate of drug-likeness (QED) is 0.600. The number of allylic oxidation sites excluding steroid dienone is 3. The van der Waals surface area contributed by atoms with Gasteiger partial charge in [0.1, 0.15) is 0 Å². The van der Waals surface area contributed by atoms with E-state index in [2.05, 4.69) is 36.9 Å². The standard InChI is InChI=1S/C11H18N2.C4H8.C2H6/c1-3-5-11(4-2)10-13-8-6-12-7-9-13;1-3-4-2;1-2/h3-5,12H,1-2,6-10H2;3H,1,4H2,2H3;1-2H3/b11-5+;;. The molecule has 1 heterocycles. The zero-order valence-electron chi connectivity index (χ0n) is 13.1. The fourth-order valence-electron chi connectivity index (χ4n) is 1.46. The average Bonchev–Trinajstić information content (AvgIpc) is 2.50. The van der Waals surface area contributed by atoms with Crippen LogP contribution in [0.15, 0.2) is 49.6 Å². The summed E-state index contributed by atoms with van der Waals surface area (Å²) in [5.74, 6) is 0. The third kappa shape index (κ3) is 13.1. The van der Waals surface area contributed by atoms with Gasteiger partial charge in [-0.15, -0.1) is 6.58 Å². The molecule has 0 amide bonds. The van der Waals surface area contributed by atoms with Crippen LogP contribution < -0.4 is 5.32 Å². The predicted molar refractivity (Wildman–Crippen MR) is 89.6 cm³/mol. The van der Waals surface area contributed by atoms with E-state index in [-0.39, 0.29) is 0 Å². The second-order valence-electron chi connectivity index (χ2n) is 3.90. The SMILES string of the molecule is C=C/C=C(\C=C)CN1CCNCC1.C=CCC.CC. The van der Waals surface area contributed by atoms with Crippen LogP contribution in [0.3, 0.4) is 0 Å². The first-order chi connectivity index (χ1) is 9.28. The van der Waals surface area contributed by atoms with Crippen molar-refractivity contribution in [1.82, 2.24) is 10.2 Å². The minimum absolute atomic E-state index is 0.997. The maximum Gasteiger partial charge on any atom is 0.0234 e. The van der Waals surface area contributed by atoms with Crippen molar-refractivity contribution >= 4 is 0 Å². The Morgan fingerprint density at radius 2 is 1.68 bits per heavy atom. The molecule has 2 nitrogen and oxygen atoms in total. The summed E-state index contributed by atoms with van der Waals surface area (Å²) in [5, 5.41) is 3.33. The van der Waals surface area contributed by atoms with Gasteiger partial charge in [-0.25, -0.2) is 0 Å². The monoisotopic (exact) mass is 264 g/mol. The number of nitrogens with zero attached hydrogens (tertiary/aromatic N) is 1. The maximum atomic E-state index is 3.79. The fraction of sp³-hybridized carbons (Fsp3) is 0.529. The molecule has 110 valence electrons. The molecule has 0 aromatic heterocycles. The van der Waals surface area contributed by atoms with E-state index in [1.165, 1.54) is 5.57 Å². The molecular weight excluding hydrogens is 232 g/mol. The number of piperazine rings is 1. The Labute approximate surface area is 120 Å². The van der Waals surface area contributed by atoms with Crippen LogP contribution in [0, 0.1) is 0 Å². The van der Waals surface area contributed by atoms with Crippen LogP contribution in [0.4, 0.5) is 0 Å². The van der Waals surface area contributed by atoms with E-state index in [0.29, 0.717) is 0 Å².